The monoisotopic (exact) mass is 242 g/mol. The highest BCUT2D eigenvalue weighted by atomic mass is 32.1. The van der Waals surface area contributed by atoms with Crippen LogP contribution in [0.4, 0.5) is 11.1 Å². The van der Waals surface area contributed by atoms with Crippen LogP contribution < -0.4 is 11.1 Å². The summed E-state index contributed by atoms with van der Waals surface area (Å²) in [5.74, 6) is 0.334. The van der Waals surface area contributed by atoms with Gasteiger partial charge in [-0.15, -0.1) is 0 Å². The van der Waals surface area contributed by atoms with E-state index in [-0.39, 0.29) is 0 Å². The van der Waals surface area contributed by atoms with E-state index in [4.69, 9.17) is 10.5 Å². The third kappa shape index (κ3) is 3.61. The molecule has 0 atom stereocenters. The second-order valence-corrected chi connectivity index (χ2v) is 4.77. The van der Waals surface area contributed by atoms with Crippen molar-refractivity contribution in [2.75, 3.05) is 24.2 Å². The van der Waals surface area contributed by atoms with Gasteiger partial charge in [-0.2, -0.15) is 9.36 Å². The summed E-state index contributed by atoms with van der Waals surface area (Å²) in [7, 11) is 0. The molecule has 6 heteroatoms. The first-order valence-corrected chi connectivity index (χ1v) is 6.56. The van der Waals surface area contributed by atoms with Gasteiger partial charge in [-0.1, -0.05) is 19.3 Å². The van der Waals surface area contributed by atoms with E-state index in [9.17, 15) is 0 Å². The topological polar surface area (TPSA) is 73.1 Å². The lowest BCUT2D eigenvalue weighted by Crippen LogP contribution is -2.20. The van der Waals surface area contributed by atoms with E-state index in [1.54, 1.807) is 0 Å². The van der Waals surface area contributed by atoms with Crippen LogP contribution in [0.15, 0.2) is 0 Å². The minimum atomic E-state index is 0.334. The van der Waals surface area contributed by atoms with E-state index in [1.807, 2.05) is 0 Å². The lowest BCUT2D eigenvalue weighted by molar-refractivity contribution is 0.0347. The molecule has 0 aromatic carbocycles. The van der Waals surface area contributed by atoms with Crippen molar-refractivity contribution in [3.63, 3.8) is 0 Å². The highest BCUT2D eigenvalue weighted by Gasteiger charge is 2.13. The van der Waals surface area contributed by atoms with Crippen molar-refractivity contribution in [1.29, 1.82) is 0 Å². The third-order valence-corrected chi connectivity index (χ3v) is 3.41. The largest absolute Gasteiger partial charge is 0.376 e. The van der Waals surface area contributed by atoms with Crippen LogP contribution in [0.3, 0.4) is 0 Å². The minimum absolute atomic E-state index is 0.334. The summed E-state index contributed by atoms with van der Waals surface area (Å²) in [6.45, 7) is 1.50. The molecule has 1 heterocycles. The Morgan fingerprint density at radius 3 is 2.88 bits per heavy atom. The van der Waals surface area contributed by atoms with E-state index in [0.29, 0.717) is 12.1 Å². The van der Waals surface area contributed by atoms with Gasteiger partial charge >= 0.3 is 0 Å². The molecule has 0 amide bonds. The van der Waals surface area contributed by atoms with E-state index in [2.05, 4.69) is 14.7 Å². The number of nitrogens with one attached hydrogen (secondary N) is 1. The van der Waals surface area contributed by atoms with Gasteiger partial charge in [-0.25, -0.2) is 0 Å². The number of rotatable bonds is 5. The fourth-order valence-electron chi connectivity index (χ4n) is 1.92. The van der Waals surface area contributed by atoms with Crippen LogP contribution in [-0.4, -0.2) is 28.6 Å². The Bertz CT molecular complexity index is 312. The highest BCUT2D eigenvalue weighted by Crippen LogP contribution is 2.20. The number of anilines is 2. The number of hydrogen-bond donors (Lipinski definition) is 2. The van der Waals surface area contributed by atoms with Crippen molar-refractivity contribution in [1.82, 2.24) is 9.36 Å². The molecule has 0 saturated heterocycles. The van der Waals surface area contributed by atoms with E-state index < -0.39 is 0 Å². The molecular formula is C10H18N4OS. The molecule has 0 radical (unpaired) electrons. The van der Waals surface area contributed by atoms with Gasteiger partial charge in [0, 0.05) is 18.1 Å². The molecule has 0 bridgehead atoms. The van der Waals surface area contributed by atoms with Crippen LogP contribution >= 0.6 is 11.5 Å². The molecule has 0 aliphatic heterocycles. The van der Waals surface area contributed by atoms with Gasteiger partial charge in [-0.3, -0.25) is 0 Å². The van der Waals surface area contributed by atoms with E-state index >= 15 is 0 Å². The Balaban J connectivity index is 1.57. The molecule has 1 aromatic rings. The van der Waals surface area contributed by atoms with Crippen LogP contribution in [0, 0.1) is 0 Å². The quantitative estimate of drug-likeness (QED) is 0.771. The normalized spacial score (nSPS) is 17.5. The van der Waals surface area contributed by atoms with Crippen LogP contribution in [0.2, 0.25) is 0 Å². The van der Waals surface area contributed by atoms with Gasteiger partial charge in [0.05, 0.1) is 12.7 Å². The maximum Gasteiger partial charge on any atom is 0.233 e. The SMILES string of the molecule is Nc1nsc(NCCOC2CCCCC2)n1. The predicted octanol–water partition coefficient (Wildman–Crippen LogP) is 1.88. The van der Waals surface area contributed by atoms with Gasteiger partial charge in [-0.05, 0) is 12.8 Å². The summed E-state index contributed by atoms with van der Waals surface area (Å²) in [4.78, 5) is 4.01. The number of nitrogen functional groups attached to an aromatic ring is 1. The summed E-state index contributed by atoms with van der Waals surface area (Å²) >= 11 is 1.28. The molecule has 16 heavy (non-hydrogen) atoms. The number of nitrogens with two attached hydrogens (primary N) is 1. The van der Waals surface area contributed by atoms with Crippen LogP contribution in [0.25, 0.3) is 0 Å². The van der Waals surface area contributed by atoms with E-state index in [1.165, 1.54) is 43.6 Å². The summed E-state index contributed by atoms with van der Waals surface area (Å²) in [6.07, 6.45) is 6.88. The average molecular weight is 242 g/mol. The van der Waals surface area contributed by atoms with Crippen LogP contribution in [0.1, 0.15) is 32.1 Å². The fraction of sp³-hybridized carbons (Fsp3) is 0.800. The molecular weight excluding hydrogens is 224 g/mol. The summed E-state index contributed by atoms with van der Waals surface area (Å²) in [6, 6.07) is 0. The molecule has 0 spiro atoms. The van der Waals surface area contributed by atoms with Gasteiger partial charge in [0.2, 0.25) is 11.1 Å². The first kappa shape index (κ1) is 11.6. The second-order valence-electron chi connectivity index (χ2n) is 4.02. The third-order valence-electron chi connectivity index (χ3n) is 2.73. The van der Waals surface area contributed by atoms with Crippen molar-refractivity contribution in [2.24, 2.45) is 0 Å². The molecule has 1 aliphatic rings. The van der Waals surface area contributed by atoms with Crippen molar-refractivity contribution < 1.29 is 4.74 Å². The van der Waals surface area contributed by atoms with Gasteiger partial charge in [0.25, 0.3) is 0 Å². The Labute approximate surface area is 99.6 Å². The maximum absolute atomic E-state index is 5.77. The Hall–Kier alpha value is -0.880. The number of nitrogens with zero attached hydrogens (tertiary/aromatic N) is 2. The molecule has 1 saturated carbocycles. The maximum atomic E-state index is 5.77. The van der Waals surface area contributed by atoms with Crippen molar-refractivity contribution >= 4 is 22.6 Å². The molecule has 3 N–H and O–H groups in total. The summed E-state index contributed by atoms with van der Waals surface area (Å²) < 4.78 is 9.66. The number of hydrogen-bond acceptors (Lipinski definition) is 6. The Kier molecular flexibility index (Phi) is 4.35. The molecule has 1 aliphatic carbocycles. The number of aromatic nitrogens is 2. The van der Waals surface area contributed by atoms with E-state index in [0.717, 1.165) is 18.3 Å². The lowest BCUT2D eigenvalue weighted by Gasteiger charge is -2.21. The summed E-state index contributed by atoms with van der Waals surface area (Å²) in [5, 5.41) is 3.91. The minimum Gasteiger partial charge on any atom is -0.376 e. The van der Waals surface area contributed by atoms with Crippen molar-refractivity contribution in [3.8, 4) is 0 Å². The van der Waals surface area contributed by atoms with Crippen LogP contribution in [0.5, 0.6) is 0 Å². The zero-order chi connectivity index (χ0) is 11.2. The molecule has 0 unspecified atom stereocenters. The Morgan fingerprint density at radius 2 is 2.19 bits per heavy atom. The Morgan fingerprint density at radius 1 is 1.38 bits per heavy atom. The predicted molar refractivity (Wildman–Crippen MR) is 65.6 cm³/mol. The summed E-state index contributed by atoms with van der Waals surface area (Å²) in [5.41, 5.74) is 5.42. The molecule has 1 fully saturated rings. The van der Waals surface area contributed by atoms with Crippen molar-refractivity contribution in [3.05, 3.63) is 0 Å². The zero-order valence-corrected chi connectivity index (χ0v) is 10.1. The zero-order valence-electron chi connectivity index (χ0n) is 9.32. The molecule has 1 aromatic heterocycles. The smallest absolute Gasteiger partial charge is 0.233 e. The number of ether oxygens (including phenoxy) is 1. The lowest BCUT2D eigenvalue weighted by atomic mass is 9.98. The standard InChI is InChI=1S/C10H18N4OS/c11-9-13-10(16-14-9)12-6-7-15-8-4-2-1-3-5-8/h8H,1-7H2,(H3,11,12,13,14). The van der Waals surface area contributed by atoms with Gasteiger partial charge in [0.1, 0.15) is 0 Å². The molecule has 2 rings (SSSR count). The van der Waals surface area contributed by atoms with Crippen LogP contribution in [-0.2, 0) is 4.74 Å². The van der Waals surface area contributed by atoms with Crippen molar-refractivity contribution in [2.45, 2.75) is 38.2 Å². The second kappa shape index (κ2) is 6.00. The highest BCUT2D eigenvalue weighted by molar-refractivity contribution is 7.09. The molecule has 5 nitrogen and oxygen atoms in total. The van der Waals surface area contributed by atoms with Gasteiger partial charge in [0.15, 0.2) is 0 Å². The van der Waals surface area contributed by atoms with Gasteiger partial charge < -0.3 is 15.8 Å². The molecule has 90 valence electrons. The first-order valence-electron chi connectivity index (χ1n) is 5.79. The average Bonchev–Trinajstić information content (AvgIpc) is 2.72. The first-order chi connectivity index (χ1) is 7.84. The fourth-order valence-corrected chi connectivity index (χ4v) is 2.44.